The van der Waals surface area contributed by atoms with Crippen molar-refractivity contribution in [2.24, 2.45) is 0 Å². The largest absolute Gasteiger partial charge is 0.304 e. The van der Waals surface area contributed by atoms with Gasteiger partial charge in [0, 0.05) is 27.8 Å². The van der Waals surface area contributed by atoms with Crippen LogP contribution in [0.3, 0.4) is 0 Å². The number of thioether (sulfide) groups is 1. The first-order chi connectivity index (χ1) is 2.89. The quantitative estimate of drug-likeness (QED) is 0.501. The average Bonchev–Trinajstić information content (AvgIpc) is 1.86. The van der Waals surface area contributed by atoms with E-state index in [2.05, 4.69) is 21.6 Å². The maximum Gasteiger partial charge on any atom is 0.0792 e. The first kappa shape index (κ1) is 4.53. The number of rotatable bonds is 0. The van der Waals surface area contributed by atoms with E-state index in [1.807, 2.05) is 10.1 Å². The Balaban J connectivity index is 2.38. The Morgan fingerprint density at radius 3 is 3.00 bits per heavy atom. The molecule has 0 saturated carbocycles. The third-order valence-electron chi connectivity index (χ3n) is 0.464. The highest BCUT2D eigenvalue weighted by Gasteiger charge is 1.96. The van der Waals surface area contributed by atoms with Gasteiger partial charge < -0.3 is 3.93 Å². The average molecular weight is 165 g/mol. The molecule has 3 heteroatoms. The Morgan fingerprint density at radius 2 is 2.83 bits per heavy atom. The normalized spacial score (nSPS) is 19.8. The summed E-state index contributed by atoms with van der Waals surface area (Å²) in [6, 6.07) is 0. The molecular formula is C3H3BrNS. The first-order valence-corrected chi connectivity index (χ1v) is 3.22. The SMILES string of the molecule is BrN1C=[C]SC1. The van der Waals surface area contributed by atoms with E-state index in [-0.39, 0.29) is 0 Å². The molecule has 1 nitrogen and oxygen atoms in total. The van der Waals surface area contributed by atoms with Crippen molar-refractivity contribution in [2.75, 3.05) is 5.88 Å². The molecule has 0 saturated heterocycles. The van der Waals surface area contributed by atoms with Crippen LogP contribution < -0.4 is 0 Å². The highest BCUT2D eigenvalue weighted by atomic mass is 79.9. The molecule has 0 bridgehead atoms. The van der Waals surface area contributed by atoms with Gasteiger partial charge >= 0.3 is 0 Å². The summed E-state index contributed by atoms with van der Waals surface area (Å²) in [4.78, 5) is 0. The van der Waals surface area contributed by atoms with Crippen LogP contribution >= 0.6 is 27.9 Å². The summed E-state index contributed by atoms with van der Waals surface area (Å²) in [5.41, 5.74) is 0. The van der Waals surface area contributed by atoms with Crippen LogP contribution in [0.1, 0.15) is 0 Å². The molecule has 0 amide bonds. The van der Waals surface area contributed by atoms with E-state index in [4.69, 9.17) is 0 Å². The van der Waals surface area contributed by atoms with Gasteiger partial charge in [0.25, 0.3) is 0 Å². The van der Waals surface area contributed by atoms with E-state index in [1.54, 1.807) is 11.8 Å². The van der Waals surface area contributed by atoms with E-state index in [1.165, 1.54) is 0 Å². The summed E-state index contributed by atoms with van der Waals surface area (Å²) >= 11 is 4.89. The lowest BCUT2D eigenvalue weighted by Crippen LogP contribution is -1.92. The molecule has 0 atom stereocenters. The lowest BCUT2D eigenvalue weighted by molar-refractivity contribution is 0.786. The fraction of sp³-hybridized carbons (Fsp3) is 0.333. The molecule has 0 aromatic heterocycles. The second-order valence-corrected chi connectivity index (χ2v) is 2.61. The zero-order chi connectivity index (χ0) is 4.41. The molecule has 1 aliphatic heterocycles. The van der Waals surface area contributed by atoms with Crippen molar-refractivity contribution >= 4 is 27.9 Å². The molecule has 0 spiro atoms. The van der Waals surface area contributed by atoms with Crippen LogP contribution in [0.5, 0.6) is 0 Å². The summed E-state index contributed by atoms with van der Waals surface area (Å²) in [6.45, 7) is 0. The van der Waals surface area contributed by atoms with Gasteiger partial charge in [-0.1, -0.05) is 0 Å². The predicted molar refractivity (Wildman–Crippen MR) is 31.0 cm³/mol. The second kappa shape index (κ2) is 1.89. The summed E-state index contributed by atoms with van der Waals surface area (Å²) in [5.74, 6) is 0.986. The van der Waals surface area contributed by atoms with Crippen molar-refractivity contribution in [2.45, 2.75) is 0 Å². The minimum absolute atomic E-state index is 0.986. The summed E-state index contributed by atoms with van der Waals surface area (Å²) in [5, 5.41) is 2.94. The van der Waals surface area contributed by atoms with Gasteiger partial charge in [0.1, 0.15) is 0 Å². The summed E-state index contributed by atoms with van der Waals surface area (Å²) in [6.07, 6.45) is 1.87. The van der Waals surface area contributed by atoms with Crippen LogP contribution in [0.2, 0.25) is 0 Å². The van der Waals surface area contributed by atoms with E-state index in [0.717, 1.165) is 5.88 Å². The minimum Gasteiger partial charge on any atom is -0.304 e. The van der Waals surface area contributed by atoms with Crippen molar-refractivity contribution in [1.82, 2.24) is 3.93 Å². The summed E-state index contributed by atoms with van der Waals surface area (Å²) < 4.78 is 1.90. The van der Waals surface area contributed by atoms with Crippen LogP contribution in [0, 0.1) is 5.41 Å². The Hall–Kier alpha value is 0.370. The van der Waals surface area contributed by atoms with E-state index >= 15 is 0 Å². The number of halogens is 1. The molecule has 0 aromatic carbocycles. The van der Waals surface area contributed by atoms with Gasteiger partial charge in [-0.3, -0.25) is 0 Å². The van der Waals surface area contributed by atoms with Gasteiger partial charge in [-0.25, -0.2) is 0 Å². The number of hydrogen-bond donors (Lipinski definition) is 0. The van der Waals surface area contributed by atoms with Crippen LogP contribution in [-0.4, -0.2) is 9.80 Å². The van der Waals surface area contributed by atoms with Gasteiger partial charge in [-0.05, 0) is 0 Å². The number of nitrogens with zero attached hydrogens (tertiary/aromatic N) is 1. The molecule has 33 valence electrons. The van der Waals surface area contributed by atoms with Gasteiger partial charge in [-0.15, -0.1) is 11.8 Å². The molecule has 1 aliphatic rings. The lowest BCUT2D eigenvalue weighted by atomic mass is 11.0. The molecule has 1 radical (unpaired) electrons. The molecule has 0 aliphatic carbocycles. The van der Waals surface area contributed by atoms with E-state index < -0.39 is 0 Å². The fourth-order valence-electron chi connectivity index (χ4n) is 0.231. The molecule has 1 heterocycles. The Kier molecular flexibility index (Phi) is 1.42. The Bertz CT molecular complexity index is 73.2. The molecular weight excluding hydrogens is 162 g/mol. The van der Waals surface area contributed by atoms with Crippen LogP contribution in [0.4, 0.5) is 0 Å². The van der Waals surface area contributed by atoms with E-state index in [9.17, 15) is 0 Å². The molecule has 0 fully saturated rings. The standard InChI is InChI=1S/C3H3BrNS/c4-5-1-2-6-3-5/h1H,3H2. The zero-order valence-corrected chi connectivity index (χ0v) is 5.42. The van der Waals surface area contributed by atoms with Crippen molar-refractivity contribution < 1.29 is 0 Å². The topological polar surface area (TPSA) is 3.24 Å². The molecule has 1 rings (SSSR count). The maximum atomic E-state index is 3.23. The van der Waals surface area contributed by atoms with Gasteiger partial charge in [0.15, 0.2) is 0 Å². The highest BCUT2D eigenvalue weighted by Crippen LogP contribution is 2.16. The third-order valence-corrected chi connectivity index (χ3v) is 1.93. The Morgan fingerprint density at radius 1 is 2.00 bits per heavy atom. The van der Waals surface area contributed by atoms with Gasteiger partial charge in [0.2, 0.25) is 0 Å². The monoisotopic (exact) mass is 164 g/mol. The van der Waals surface area contributed by atoms with Crippen molar-refractivity contribution in [3.63, 3.8) is 0 Å². The Labute approximate surface area is 49.7 Å². The number of hydrogen-bond acceptors (Lipinski definition) is 2. The van der Waals surface area contributed by atoms with E-state index in [0.29, 0.717) is 0 Å². The highest BCUT2D eigenvalue weighted by molar-refractivity contribution is 9.07. The van der Waals surface area contributed by atoms with Crippen LogP contribution in [0.25, 0.3) is 0 Å². The fourth-order valence-corrected chi connectivity index (χ4v) is 1.25. The van der Waals surface area contributed by atoms with Gasteiger partial charge in [0.05, 0.1) is 5.88 Å². The maximum absolute atomic E-state index is 3.23. The molecule has 0 aromatic rings. The van der Waals surface area contributed by atoms with Crippen molar-refractivity contribution in [1.29, 1.82) is 0 Å². The molecule has 0 unspecified atom stereocenters. The van der Waals surface area contributed by atoms with Crippen molar-refractivity contribution in [3.8, 4) is 0 Å². The lowest BCUT2D eigenvalue weighted by Gasteiger charge is -1.96. The van der Waals surface area contributed by atoms with Crippen LogP contribution in [-0.2, 0) is 0 Å². The first-order valence-electron chi connectivity index (χ1n) is 1.52. The smallest absolute Gasteiger partial charge is 0.0792 e. The minimum atomic E-state index is 0.986. The van der Waals surface area contributed by atoms with Crippen molar-refractivity contribution in [3.05, 3.63) is 11.6 Å². The third kappa shape index (κ3) is 0.914. The zero-order valence-electron chi connectivity index (χ0n) is 3.02. The molecule has 0 N–H and O–H groups in total. The predicted octanol–water partition coefficient (Wildman–Crippen LogP) is 1.58. The van der Waals surface area contributed by atoms with Gasteiger partial charge in [-0.2, -0.15) is 0 Å². The summed E-state index contributed by atoms with van der Waals surface area (Å²) in [7, 11) is 0. The molecule has 6 heavy (non-hydrogen) atoms. The van der Waals surface area contributed by atoms with Crippen LogP contribution in [0.15, 0.2) is 6.20 Å². The second-order valence-electron chi connectivity index (χ2n) is 0.920.